The maximum Gasteiger partial charge on any atom is 0.274 e. The van der Waals surface area contributed by atoms with E-state index in [4.69, 9.17) is 0 Å². The molecule has 0 bridgehead atoms. The second kappa shape index (κ2) is 5.05. The maximum atomic E-state index is 11.9. The van der Waals surface area contributed by atoms with Crippen LogP contribution in [-0.2, 0) is 0 Å². The summed E-state index contributed by atoms with van der Waals surface area (Å²) in [5, 5.41) is 2.74. The Hall–Kier alpha value is -1.75. The third-order valence-corrected chi connectivity index (χ3v) is 2.68. The molecule has 2 aromatic rings. The van der Waals surface area contributed by atoms with Crippen LogP contribution in [0, 0.1) is 6.92 Å². The number of hydrogen-bond donors (Lipinski definition) is 1. The molecule has 0 aliphatic carbocycles. The summed E-state index contributed by atoms with van der Waals surface area (Å²) < 4.78 is 0.726. The molecular formula is C12H10BrN3O. The molecule has 5 heteroatoms. The molecule has 2 heterocycles. The van der Waals surface area contributed by atoms with Gasteiger partial charge in [0.1, 0.15) is 10.3 Å². The van der Waals surface area contributed by atoms with E-state index in [0.29, 0.717) is 11.4 Å². The molecule has 1 N–H and O–H groups in total. The van der Waals surface area contributed by atoms with Crippen molar-refractivity contribution in [3.63, 3.8) is 0 Å². The zero-order chi connectivity index (χ0) is 12.3. The van der Waals surface area contributed by atoms with Crippen LogP contribution in [0.1, 0.15) is 16.1 Å². The fourth-order valence-corrected chi connectivity index (χ4v) is 1.60. The van der Waals surface area contributed by atoms with Crippen molar-refractivity contribution >= 4 is 27.5 Å². The lowest BCUT2D eigenvalue weighted by Crippen LogP contribution is -2.15. The number of nitrogens with zero attached hydrogens (tertiary/aromatic N) is 2. The van der Waals surface area contributed by atoms with E-state index in [2.05, 4.69) is 31.2 Å². The molecule has 0 radical (unpaired) electrons. The van der Waals surface area contributed by atoms with Crippen LogP contribution in [-0.4, -0.2) is 15.9 Å². The van der Waals surface area contributed by atoms with Crippen molar-refractivity contribution in [3.8, 4) is 0 Å². The number of carbonyl (C=O) groups is 1. The zero-order valence-corrected chi connectivity index (χ0v) is 10.7. The van der Waals surface area contributed by atoms with Gasteiger partial charge in [0.25, 0.3) is 5.91 Å². The van der Waals surface area contributed by atoms with Gasteiger partial charge < -0.3 is 5.32 Å². The van der Waals surface area contributed by atoms with E-state index < -0.39 is 0 Å². The minimum atomic E-state index is -0.229. The average Bonchev–Trinajstić information content (AvgIpc) is 2.32. The normalized spacial score (nSPS) is 10.0. The zero-order valence-electron chi connectivity index (χ0n) is 9.14. The highest BCUT2D eigenvalue weighted by Gasteiger charge is 2.09. The highest BCUT2D eigenvalue weighted by Crippen LogP contribution is 2.12. The number of pyridine rings is 2. The molecule has 0 aliphatic rings. The molecule has 4 nitrogen and oxygen atoms in total. The molecule has 2 rings (SSSR count). The van der Waals surface area contributed by atoms with Gasteiger partial charge in [-0.1, -0.05) is 6.07 Å². The van der Waals surface area contributed by atoms with Crippen molar-refractivity contribution in [2.45, 2.75) is 6.92 Å². The van der Waals surface area contributed by atoms with Crippen LogP contribution in [0.2, 0.25) is 0 Å². The van der Waals surface area contributed by atoms with Crippen LogP contribution >= 0.6 is 15.9 Å². The third-order valence-electron chi connectivity index (χ3n) is 2.21. The summed E-state index contributed by atoms with van der Waals surface area (Å²) in [4.78, 5) is 20.0. The highest BCUT2D eigenvalue weighted by atomic mass is 79.9. The first-order chi connectivity index (χ1) is 8.16. The summed E-state index contributed by atoms with van der Waals surface area (Å²) in [6.45, 7) is 1.85. The smallest absolute Gasteiger partial charge is 0.274 e. The van der Waals surface area contributed by atoms with Crippen molar-refractivity contribution in [1.82, 2.24) is 9.97 Å². The molecule has 0 aliphatic heterocycles. The van der Waals surface area contributed by atoms with Gasteiger partial charge in [0.15, 0.2) is 0 Å². The van der Waals surface area contributed by atoms with E-state index in [0.717, 1.165) is 10.2 Å². The van der Waals surface area contributed by atoms with Gasteiger partial charge in [-0.25, -0.2) is 4.98 Å². The predicted molar refractivity (Wildman–Crippen MR) is 68.9 cm³/mol. The number of anilines is 1. The molecule has 86 valence electrons. The van der Waals surface area contributed by atoms with Gasteiger partial charge in [-0.15, -0.1) is 0 Å². The number of rotatable bonds is 2. The number of aryl methyl sites for hydroxylation is 1. The molecule has 0 saturated carbocycles. The molecule has 0 atom stereocenters. The van der Waals surface area contributed by atoms with Crippen molar-refractivity contribution in [2.75, 3.05) is 5.32 Å². The van der Waals surface area contributed by atoms with Gasteiger partial charge in [-0.2, -0.15) is 0 Å². The molecule has 0 aromatic carbocycles. The Balaban J connectivity index is 2.17. The van der Waals surface area contributed by atoms with Crippen LogP contribution < -0.4 is 5.32 Å². The highest BCUT2D eigenvalue weighted by molar-refractivity contribution is 9.10. The Bertz CT molecular complexity index is 540. The van der Waals surface area contributed by atoms with E-state index in [-0.39, 0.29) is 5.91 Å². The van der Waals surface area contributed by atoms with E-state index in [9.17, 15) is 4.79 Å². The van der Waals surface area contributed by atoms with Gasteiger partial charge in [0, 0.05) is 6.20 Å². The summed E-state index contributed by atoms with van der Waals surface area (Å²) in [6.07, 6.45) is 3.18. The van der Waals surface area contributed by atoms with Crippen molar-refractivity contribution in [2.24, 2.45) is 0 Å². The van der Waals surface area contributed by atoms with Crippen LogP contribution in [0.15, 0.2) is 41.3 Å². The van der Waals surface area contributed by atoms with Gasteiger partial charge in [-0.05, 0) is 46.6 Å². The number of aromatic nitrogens is 2. The van der Waals surface area contributed by atoms with Crippen LogP contribution in [0.25, 0.3) is 0 Å². The van der Waals surface area contributed by atoms with Gasteiger partial charge in [0.05, 0.1) is 11.9 Å². The predicted octanol–water partition coefficient (Wildman–Crippen LogP) is 2.80. The Kier molecular flexibility index (Phi) is 3.49. The summed E-state index contributed by atoms with van der Waals surface area (Å²) in [6, 6.07) is 7.18. The molecule has 2 aromatic heterocycles. The van der Waals surface area contributed by atoms with E-state index in [1.165, 1.54) is 0 Å². The third kappa shape index (κ3) is 2.88. The first kappa shape index (κ1) is 11.7. The SMILES string of the molecule is Cc1cccnc1C(=O)Nc1ccc(Br)nc1. The molecule has 0 saturated heterocycles. The van der Waals surface area contributed by atoms with Crippen LogP contribution in [0.4, 0.5) is 5.69 Å². The quantitative estimate of drug-likeness (QED) is 0.866. The topological polar surface area (TPSA) is 54.9 Å². The van der Waals surface area contributed by atoms with E-state index in [1.807, 2.05) is 13.0 Å². The van der Waals surface area contributed by atoms with Crippen LogP contribution in [0.3, 0.4) is 0 Å². The van der Waals surface area contributed by atoms with Gasteiger partial charge in [0.2, 0.25) is 0 Å². The molecule has 0 spiro atoms. The van der Waals surface area contributed by atoms with Crippen LogP contribution in [0.5, 0.6) is 0 Å². The molecule has 1 amide bonds. The van der Waals surface area contributed by atoms with Crippen molar-refractivity contribution in [3.05, 3.63) is 52.5 Å². The molecule has 0 fully saturated rings. The summed E-state index contributed by atoms with van der Waals surface area (Å²) in [5.41, 5.74) is 1.91. The lowest BCUT2D eigenvalue weighted by atomic mass is 10.2. The van der Waals surface area contributed by atoms with E-state index in [1.54, 1.807) is 30.6 Å². The Labute approximate surface area is 107 Å². The molecular weight excluding hydrogens is 282 g/mol. The monoisotopic (exact) mass is 291 g/mol. The minimum Gasteiger partial charge on any atom is -0.319 e. The average molecular weight is 292 g/mol. The van der Waals surface area contributed by atoms with Gasteiger partial charge >= 0.3 is 0 Å². The van der Waals surface area contributed by atoms with Gasteiger partial charge in [-0.3, -0.25) is 9.78 Å². The summed E-state index contributed by atoms with van der Waals surface area (Å²) >= 11 is 3.23. The number of nitrogens with one attached hydrogen (secondary N) is 1. The summed E-state index contributed by atoms with van der Waals surface area (Å²) in [7, 11) is 0. The Morgan fingerprint density at radius 3 is 2.76 bits per heavy atom. The first-order valence-electron chi connectivity index (χ1n) is 5.01. The standard InChI is InChI=1S/C12H10BrN3O/c1-8-3-2-6-14-11(8)12(17)16-9-4-5-10(13)15-7-9/h2-7H,1H3,(H,16,17). The Morgan fingerprint density at radius 1 is 1.29 bits per heavy atom. The number of halogens is 1. The largest absolute Gasteiger partial charge is 0.319 e. The van der Waals surface area contributed by atoms with E-state index >= 15 is 0 Å². The lowest BCUT2D eigenvalue weighted by molar-refractivity contribution is 0.102. The summed E-state index contributed by atoms with van der Waals surface area (Å²) in [5.74, 6) is -0.229. The Morgan fingerprint density at radius 2 is 2.12 bits per heavy atom. The fraction of sp³-hybridized carbons (Fsp3) is 0.0833. The second-order valence-electron chi connectivity index (χ2n) is 3.49. The van der Waals surface area contributed by atoms with Crippen molar-refractivity contribution < 1.29 is 4.79 Å². The second-order valence-corrected chi connectivity index (χ2v) is 4.31. The molecule has 0 unspecified atom stereocenters. The number of amides is 1. The first-order valence-corrected chi connectivity index (χ1v) is 5.80. The number of hydrogen-bond acceptors (Lipinski definition) is 3. The van der Waals surface area contributed by atoms with Crippen molar-refractivity contribution in [1.29, 1.82) is 0 Å². The molecule has 17 heavy (non-hydrogen) atoms. The minimum absolute atomic E-state index is 0.229. The fourth-order valence-electron chi connectivity index (χ4n) is 1.36. The lowest BCUT2D eigenvalue weighted by Gasteiger charge is -2.06. The number of carbonyl (C=O) groups excluding carboxylic acids is 1. The maximum absolute atomic E-state index is 11.9.